The van der Waals surface area contributed by atoms with E-state index in [9.17, 15) is 9.59 Å². The van der Waals surface area contributed by atoms with Crippen LogP contribution in [0.5, 0.6) is 5.75 Å². The van der Waals surface area contributed by atoms with Gasteiger partial charge in [-0.25, -0.2) is 0 Å². The summed E-state index contributed by atoms with van der Waals surface area (Å²) in [7, 11) is 0. The highest BCUT2D eigenvalue weighted by Gasteiger charge is 2.25. The van der Waals surface area contributed by atoms with Crippen molar-refractivity contribution >= 4 is 11.8 Å². The molecule has 0 heterocycles. The Morgan fingerprint density at radius 1 is 1.00 bits per heavy atom. The number of benzene rings is 2. The largest absolute Gasteiger partial charge is 0.494 e. The van der Waals surface area contributed by atoms with Crippen molar-refractivity contribution < 1.29 is 14.3 Å². The minimum Gasteiger partial charge on any atom is -0.494 e. The van der Waals surface area contributed by atoms with Gasteiger partial charge in [-0.1, -0.05) is 48.0 Å². The molecule has 5 heteroatoms. The number of aryl methyl sites for hydroxylation is 1. The van der Waals surface area contributed by atoms with Crippen molar-refractivity contribution in [2.45, 2.75) is 59.0 Å². The summed E-state index contributed by atoms with van der Waals surface area (Å²) in [4.78, 5) is 27.2. The van der Waals surface area contributed by atoms with Crippen LogP contribution in [0.1, 0.15) is 44.7 Å². The van der Waals surface area contributed by atoms with E-state index in [2.05, 4.69) is 5.32 Å². The fraction of sp³-hybridized carbons (Fsp3) is 0.440. The van der Waals surface area contributed by atoms with E-state index in [0.717, 1.165) is 11.3 Å². The zero-order chi connectivity index (χ0) is 21.9. The van der Waals surface area contributed by atoms with E-state index < -0.39 is 6.04 Å². The third-order valence-corrected chi connectivity index (χ3v) is 4.91. The second-order valence-corrected chi connectivity index (χ2v) is 7.93. The minimum absolute atomic E-state index is 0.0233. The molecule has 2 amide bonds. The maximum Gasteiger partial charge on any atom is 0.242 e. The summed E-state index contributed by atoms with van der Waals surface area (Å²) in [5, 5.41) is 2.91. The number of ether oxygens (including phenoxy) is 1. The Bertz CT molecular complexity index is 788. The van der Waals surface area contributed by atoms with E-state index in [1.165, 1.54) is 5.56 Å². The average molecular weight is 411 g/mol. The molecule has 0 fully saturated rings. The Kier molecular flexibility index (Phi) is 9.39. The van der Waals surface area contributed by atoms with Gasteiger partial charge in [0.05, 0.1) is 6.61 Å². The summed E-state index contributed by atoms with van der Waals surface area (Å²) < 4.78 is 5.73. The lowest BCUT2D eigenvalue weighted by atomic mass is 10.1. The molecule has 0 spiro atoms. The van der Waals surface area contributed by atoms with Crippen LogP contribution < -0.4 is 10.1 Å². The van der Waals surface area contributed by atoms with Crippen LogP contribution >= 0.6 is 0 Å². The molecule has 1 unspecified atom stereocenters. The number of amides is 2. The maximum absolute atomic E-state index is 12.9. The van der Waals surface area contributed by atoms with Crippen LogP contribution in [0, 0.1) is 6.92 Å². The first kappa shape index (κ1) is 23.5. The van der Waals surface area contributed by atoms with E-state index in [1.807, 2.05) is 75.4 Å². The second kappa shape index (κ2) is 12.0. The molecule has 30 heavy (non-hydrogen) atoms. The number of rotatable bonds is 11. The monoisotopic (exact) mass is 410 g/mol. The molecule has 1 N–H and O–H groups in total. The highest BCUT2D eigenvalue weighted by atomic mass is 16.5. The first-order valence-electron chi connectivity index (χ1n) is 10.7. The molecule has 0 saturated carbocycles. The standard InChI is InChI=1S/C25H34N2O3/c1-19(2)26-25(29)21(4)27(17-16-22-9-6-5-7-10-22)24(28)11-8-18-30-23-14-12-20(3)13-15-23/h5-7,9-10,12-15,19,21H,8,11,16-18H2,1-4H3,(H,26,29). The Morgan fingerprint density at radius 2 is 1.67 bits per heavy atom. The minimum atomic E-state index is -0.512. The lowest BCUT2D eigenvalue weighted by Gasteiger charge is -2.29. The summed E-state index contributed by atoms with van der Waals surface area (Å²) in [5.41, 5.74) is 2.33. The molecule has 2 aromatic rings. The molecule has 0 aliphatic carbocycles. The first-order valence-corrected chi connectivity index (χ1v) is 10.7. The molecule has 2 rings (SSSR count). The number of carbonyl (C=O) groups is 2. The van der Waals surface area contributed by atoms with Gasteiger partial charge in [0.2, 0.25) is 11.8 Å². The molecule has 0 aliphatic rings. The third kappa shape index (κ3) is 7.90. The molecule has 0 aromatic heterocycles. The molecule has 0 saturated heterocycles. The summed E-state index contributed by atoms with van der Waals surface area (Å²) >= 11 is 0. The van der Waals surface area contributed by atoms with E-state index in [-0.39, 0.29) is 17.9 Å². The second-order valence-electron chi connectivity index (χ2n) is 7.93. The highest BCUT2D eigenvalue weighted by Crippen LogP contribution is 2.13. The summed E-state index contributed by atoms with van der Waals surface area (Å²) in [6.45, 7) is 8.64. The Hall–Kier alpha value is -2.82. The van der Waals surface area contributed by atoms with Crippen LogP contribution in [0.25, 0.3) is 0 Å². The number of nitrogens with one attached hydrogen (secondary N) is 1. The SMILES string of the molecule is Cc1ccc(OCCCC(=O)N(CCc2ccccc2)C(C)C(=O)NC(C)C)cc1. The van der Waals surface area contributed by atoms with Crippen LogP contribution in [0.3, 0.4) is 0 Å². The molecule has 0 aliphatic heterocycles. The quantitative estimate of drug-likeness (QED) is 0.567. The Labute approximate surface area is 180 Å². The van der Waals surface area contributed by atoms with E-state index in [0.29, 0.717) is 32.4 Å². The molecular weight excluding hydrogens is 376 g/mol. The Balaban J connectivity index is 1.92. The van der Waals surface area contributed by atoms with Crippen molar-refractivity contribution in [2.75, 3.05) is 13.2 Å². The van der Waals surface area contributed by atoms with Crippen LogP contribution in [-0.4, -0.2) is 41.9 Å². The molecular formula is C25H34N2O3. The lowest BCUT2D eigenvalue weighted by Crippen LogP contribution is -2.50. The molecule has 162 valence electrons. The fourth-order valence-corrected chi connectivity index (χ4v) is 3.17. The topological polar surface area (TPSA) is 58.6 Å². The lowest BCUT2D eigenvalue weighted by molar-refractivity contribution is -0.140. The van der Waals surface area contributed by atoms with Gasteiger partial charge in [0.1, 0.15) is 11.8 Å². The fourth-order valence-electron chi connectivity index (χ4n) is 3.17. The molecule has 1 atom stereocenters. The number of hydrogen-bond acceptors (Lipinski definition) is 3. The van der Waals surface area contributed by atoms with Crippen molar-refractivity contribution in [1.82, 2.24) is 10.2 Å². The van der Waals surface area contributed by atoms with Crippen molar-refractivity contribution in [3.8, 4) is 5.75 Å². The van der Waals surface area contributed by atoms with Crippen LogP contribution in [0.2, 0.25) is 0 Å². The number of carbonyl (C=O) groups excluding carboxylic acids is 2. The van der Waals surface area contributed by atoms with Gasteiger partial charge in [-0.3, -0.25) is 9.59 Å². The van der Waals surface area contributed by atoms with E-state index >= 15 is 0 Å². The van der Waals surface area contributed by atoms with Gasteiger partial charge in [-0.05, 0) is 58.2 Å². The van der Waals surface area contributed by atoms with Gasteiger partial charge >= 0.3 is 0 Å². The summed E-state index contributed by atoms with van der Waals surface area (Å²) in [6.07, 6.45) is 1.67. The zero-order valence-corrected chi connectivity index (χ0v) is 18.6. The molecule has 2 aromatic carbocycles. The third-order valence-electron chi connectivity index (χ3n) is 4.91. The molecule has 5 nitrogen and oxygen atoms in total. The summed E-state index contributed by atoms with van der Waals surface area (Å²) in [5.74, 6) is 0.658. The zero-order valence-electron chi connectivity index (χ0n) is 18.6. The van der Waals surface area contributed by atoms with Gasteiger partial charge < -0.3 is 15.0 Å². The van der Waals surface area contributed by atoms with Gasteiger partial charge in [0, 0.05) is 19.0 Å². The Morgan fingerprint density at radius 3 is 2.30 bits per heavy atom. The van der Waals surface area contributed by atoms with Crippen LogP contribution in [-0.2, 0) is 16.0 Å². The van der Waals surface area contributed by atoms with Crippen molar-refractivity contribution in [1.29, 1.82) is 0 Å². The van der Waals surface area contributed by atoms with Crippen LogP contribution in [0.15, 0.2) is 54.6 Å². The number of nitrogens with zero attached hydrogens (tertiary/aromatic N) is 1. The van der Waals surface area contributed by atoms with Crippen molar-refractivity contribution in [3.05, 3.63) is 65.7 Å². The first-order chi connectivity index (χ1) is 14.4. The maximum atomic E-state index is 12.9. The van der Waals surface area contributed by atoms with Crippen molar-refractivity contribution in [3.63, 3.8) is 0 Å². The normalized spacial score (nSPS) is 11.8. The van der Waals surface area contributed by atoms with E-state index in [4.69, 9.17) is 4.74 Å². The van der Waals surface area contributed by atoms with E-state index in [1.54, 1.807) is 11.8 Å². The van der Waals surface area contributed by atoms with Gasteiger partial charge in [-0.2, -0.15) is 0 Å². The predicted molar refractivity (Wildman–Crippen MR) is 121 cm³/mol. The smallest absolute Gasteiger partial charge is 0.242 e. The molecule has 0 radical (unpaired) electrons. The predicted octanol–water partition coefficient (Wildman–Crippen LogP) is 4.14. The number of hydrogen-bond donors (Lipinski definition) is 1. The van der Waals surface area contributed by atoms with Crippen LogP contribution in [0.4, 0.5) is 0 Å². The van der Waals surface area contributed by atoms with Gasteiger partial charge in [0.15, 0.2) is 0 Å². The van der Waals surface area contributed by atoms with Gasteiger partial charge in [-0.15, -0.1) is 0 Å². The summed E-state index contributed by atoms with van der Waals surface area (Å²) in [6, 6.07) is 17.4. The van der Waals surface area contributed by atoms with Gasteiger partial charge in [0.25, 0.3) is 0 Å². The highest BCUT2D eigenvalue weighted by molar-refractivity contribution is 5.87. The average Bonchev–Trinajstić information content (AvgIpc) is 2.72. The molecule has 0 bridgehead atoms. The van der Waals surface area contributed by atoms with Crippen molar-refractivity contribution in [2.24, 2.45) is 0 Å².